The molecule has 0 saturated carbocycles. The van der Waals surface area contributed by atoms with Gasteiger partial charge in [-0.25, -0.2) is 14.4 Å². The van der Waals surface area contributed by atoms with Crippen molar-refractivity contribution in [3.63, 3.8) is 0 Å². The lowest BCUT2D eigenvalue weighted by molar-refractivity contribution is 0.133. The van der Waals surface area contributed by atoms with Crippen LogP contribution in [0.15, 0.2) is 30.6 Å². The average Bonchev–Trinajstić information content (AvgIpc) is 2.80. The number of hydrogen-bond donors (Lipinski definition) is 0. The second-order valence-electron chi connectivity index (χ2n) is 5.70. The molecule has 120 valence electrons. The van der Waals surface area contributed by atoms with Gasteiger partial charge >= 0.3 is 0 Å². The van der Waals surface area contributed by atoms with Crippen molar-refractivity contribution < 1.29 is 9.13 Å². The maximum absolute atomic E-state index is 13.0. The van der Waals surface area contributed by atoms with Crippen molar-refractivity contribution in [2.75, 3.05) is 7.11 Å². The Balaban J connectivity index is 1.97. The first-order valence-electron chi connectivity index (χ1n) is 7.64. The molecule has 0 saturated heterocycles. The molecule has 0 aliphatic heterocycles. The largest absolute Gasteiger partial charge is 0.364 e. The fourth-order valence-corrected chi connectivity index (χ4v) is 2.90. The van der Waals surface area contributed by atoms with Crippen LogP contribution in [0.3, 0.4) is 0 Å². The molecular formula is C18H20FN3O. The number of methoxy groups -OCH3 is 1. The third kappa shape index (κ3) is 2.97. The molecule has 0 unspecified atom stereocenters. The highest BCUT2D eigenvalue weighted by Gasteiger charge is 2.16. The Morgan fingerprint density at radius 3 is 2.52 bits per heavy atom. The molecule has 0 bridgehead atoms. The topological polar surface area (TPSA) is 39.9 Å². The highest BCUT2D eigenvalue weighted by atomic mass is 19.1. The number of ether oxygens (including phenoxy) is 1. The Labute approximate surface area is 134 Å². The summed E-state index contributed by atoms with van der Waals surface area (Å²) in [7, 11) is 1.68. The molecule has 2 aromatic heterocycles. The van der Waals surface area contributed by atoms with E-state index in [1.165, 1.54) is 12.1 Å². The molecule has 4 nitrogen and oxygen atoms in total. The van der Waals surface area contributed by atoms with Crippen molar-refractivity contribution in [2.24, 2.45) is 0 Å². The molecule has 0 aliphatic carbocycles. The molecule has 0 spiro atoms. The Bertz CT molecular complexity index is 824. The molecule has 0 radical (unpaired) electrons. The van der Waals surface area contributed by atoms with E-state index in [1.807, 2.05) is 12.1 Å². The maximum Gasteiger partial charge on any atom is 0.123 e. The number of rotatable bonds is 5. The number of halogens is 1. The molecule has 0 fully saturated rings. The second-order valence-corrected chi connectivity index (χ2v) is 5.70. The van der Waals surface area contributed by atoms with E-state index >= 15 is 0 Å². The highest BCUT2D eigenvalue weighted by Crippen LogP contribution is 2.26. The van der Waals surface area contributed by atoms with E-state index < -0.39 is 0 Å². The van der Waals surface area contributed by atoms with E-state index in [-0.39, 0.29) is 5.82 Å². The van der Waals surface area contributed by atoms with Gasteiger partial charge in [0.2, 0.25) is 0 Å². The maximum atomic E-state index is 13.0. The molecule has 0 N–H and O–H groups in total. The molecule has 0 atom stereocenters. The molecule has 0 aliphatic rings. The standard InChI is InChI=1S/C18H20FN3O/c1-12-13(2)22(11-23-3)18-16(20-10-21-17(12)18)9-6-14-4-7-15(19)8-5-14/h4-5,7-8,10H,6,9,11H2,1-3H3. The van der Waals surface area contributed by atoms with E-state index in [4.69, 9.17) is 4.74 Å². The first kappa shape index (κ1) is 15.6. The fraction of sp³-hybridized carbons (Fsp3) is 0.333. The van der Waals surface area contributed by atoms with Gasteiger partial charge in [-0.15, -0.1) is 0 Å². The molecule has 0 amide bonds. The van der Waals surface area contributed by atoms with E-state index in [0.29, 0.717) is 6.73 Å². The van der Waals surface area contributed by atoms with Gasteiger partial charge in [0.25, 0.3) is 0 Å². The van der Waals surface area contributed by atoms with Crippen LogP contribution in [0.2, 0.25) is 0 Å². The summed E-state index contributed by atoms with van der Waals surface area (Å²) in [5.74, 6) is -0.210. The monoisotopic (exact) mass is 313 g/mol. The summed E-state index contributed by atoms with van der Waals surface area (Å²) < 4.78 is 20.4. The summed E-state index contributed by atoms with van der Waals surface area (Å²) in [6, 6.07) is 6.62. The first-order chi connectivity index (χ1) is 11.1. The van der Waals surface area contributed by atoms with Gasteiger partial charge in [0.05, 0.1) is 16.7 Å². The summed E-state index contributed by atoms with van der Waals surface area (Å²) in [6.45, 7) is 4.62. The van der Waals surface area contributed by atoms with Crippen LogP contribution in [0.4, 0.5) is 4.39 Å². The number of nitrogens with zero attached hydrogens (tertiary/aromatic N) is 3. The average molecular weight is 313 g/mol. The van der Waals surface area contributed by atoms with Gasteiger partial charge in [-0.2, -0.15) is 0 Å². The highest BCUT2D eigenvalue weighted by molar-refractivity contribution is 5.83. The molecular weight excluding hydrogens is 293 g/mol. The SMILES string of the molecule is COCn1c(C)c(C)c2ncnc(CCc3ccc(F)cc3)c21. The summed E-state index contributed by atoms with van der Waals surface area (Å²) in [6.07, 6.45) is 3.20. The lowest BCUT2D eigenvalue weighted by Crippen LogP contribution is -2.06. The van der Waals surface area contributed by atoms with Crippen LogP contribution < -0.4 is 0 Å². The van der Waals surface area contributed by atoms with E-state index in [9.17, 15) is 4.39 Å². The van der Waals surface area contributed by atoms with Gasteiger partial charge in [-0.1, -0.05) is 12.1 Å². The van der Waals surface area contributed by atoms with Gasteiger partial charge in [-0.3, -0.25) is 0 Å². The quantitative estimate of drug-likeness (QED) is 0.723. The van der Waals surface area contributed by atoms with Crippen molar-refractivity contribution in [1.29, 1.82) is 0 Å². The van der Waals surface area contributed by atoms with E-state index in [1.54, 1.807) is 13.4 Å². The van der Waals surface area contributed by atoms with Crippen LogP contribution >= 0.6 is 0 Å². The van der Waals surface area contributed by atoms with Gasteiger partial charge in [0.1, 0.15) is 18.9 Å². The van der Waals surface area contributed by atoms with Gasteiger partial charge in [-0.05, 0) is 49.9 Å². The van der Waals surface area contributed by atoms with Crippen LogP contribution in [-0.2, 0) is 24.3 Å². The predicted molar refractivity (Wildman–Crippen MR) is 87.8 cm³/mol. The number of fused-ring (bicyclic) bond motifs is 1. The zero-order chi connectivity index (χ0) is 16.4. The van der Waals surface area contributed by atoms with E-state index in [0.717, 1.165) is 46.4 Å². The van der Waals surface area contributed by atoms with Crippen LogP contribution in [0, 0.1) is 19.7 Å². The summed E-state index contributed by atoms with van der Waals surface area (Å²) in [5.41, 5.74) is 6.40. The van der Waals surface area contributed by atoms with Crippen molar-refractivity contribution in [1.82, 2.24) is 14.5 Å². The lowest BCUT2D eigenvalue weighted by Gasteiger charge is -2.09. The zero-order valence-corrected chi connectivity index (χ0v) is 13.6. The predicted octanol–water partition coefficient (Wildman–Crippen LogP) is 3.58. The molecule has 1 aromatic carbocycles. The van der Waals surface area contributed by atoms with Crippen LogP contribution in [-0.4, -0.2) is 21.6 Å². The zero-order valence-electron chi connectivity index (χ0n) is 13.6. The molecule has 23 heavy (non-hydrogen) atoms. The smallest absolute Gasteiger partial charge is 0.123 e. The summed E-state index contributed by atoms with van der Waals surface area (Å²) in [4.78, 5) is 8.91. The van der Waals surface area contributed by atoms with Gasteiger partial charge in [0, 0.05) is 12.8 Å². The molecule has 3 rings (SSSR count). The van der Waals surface area contributed by atoms with Crippen molar-refractivity contribution in [3.8, 4) is 0 Å². The Hall–Kier alpha value is -2.27. The van der Waals surface area contributed by atoms with Gasteiger partial charge in [0.15, 0.2) is 0 Å². The van der Waals surface area contributed by atoms with Gasteiger partial charge < -0.3 is 9.30 Å². The van der Waals surface area contributed by atoms with Crippen LogP contribution in [0.1, 0.15) is 22.5 Å². The van der Waals surface area contributed by atoms with Crippen molar-refractivity contribution >= 4 is 11.0 Å². The second kappa shape index (κ2) is 6.46. The third-order valence-corrected chi connectivity index (χ3v) is 4.29. The lowest BCUT2D eigenvalue weighted by atomic mass is 10.1. The Morgan fingerprint density at radius 1 is 1.09 bits per heavy atom. The number of aromatic nitrogens is 3. The Kier molecular flexibility index (Phi) is 4.39. The molecule has 5 heteroatoms. The minimum atomic E-state index is -0.210. The third-order valence-electron chi connectivity index (χ3n) is 4.29. The normalized spacial score (nSPS) is 11.3. The molecule has 2 heterocycles. The first-order valence-corrected chi connectivity index (χ1v) is 7.64. The van der Waals surface area contributed by atoms with Crippen molar-refractivity contribution in [3.05, 3.63) is 58.9 Å². The fourth-order valence-electron chi connectivity index (χ4n) is 2.90. The van der Waals surface area contributed by atoms with Crippen LogP contribution in [0.5, 0.6) is 0 Å². The molecule has 3 aromatic rings. The summed E-state index contributed by atoms with van der Waals surface area (Å²) >= 11 is 0. The number of benzene rings is 1. The number of hydrogen-bond acceptors (Lipinski definition) is 3. The summed E-state index contributed by atoms with van der Waals surface area (Å²) in [5, 5.41) is 0. The minimum absolute atomic E-state index is 0.210. The minimum Gasteiger partial charge on any atom is -0.364 e. The van der Waals surface area contributed by atoms with Crippen LogP contribution in [0.25, 0.3) is 11.0 Å². The Morgan fingerprint density at radius 2 is 1.83 bits per heavy atom. The number of aryl methyl sites for hydroxylation is 3. The van der Waals surface area contributed by atoms with Crippen molar-refractivity contribution in [2.45, 2.75) is 33.4 Å². The van der Waals surface area contributed by atoms with E-state index in [2.05, 4.69) is 28.4 Å².